The highest BCUT2D eigenvalue weighted by atomic mass is 79.9. The summed E-state index contributed by atoms with van der Waals surface area (Å²) < 4.78 is 1.03. The summed E-state index contributed by atoms with van der Waals surface area (Å²) in [6.45, 7) is 4.38. The van der Waals surface area contributed by atoms with Gasteiger partial charge in [-0.2, -0.15) is 0 Å². The molecule has 116 valence electrons. The lowest BCUT2D eigenvalue weighted by Crippen LogP contribution is -2.36. The van der Waals surface area contributed by atoms with E-state index in [-0.39, 0.29) is 5.91 Å². The average molecular weight is 354 g/mol. The van der Waals surface area contributed by atoms with Crippen LogP contribution in [-0.4, -0.2) is 32.1 Å². The summed E-state index contributed by atoms with van der Waals surface area (Å²) in [6.07, 6.45) is 3.36. The van der Waals surface area contributed by atoms with E-state index in [1.165, 1.54) is 5.56 Å². The number of hydrogen-bond donors (Lipinski definition) is 2. The Bertz CT molecular complexity index is 488. The Morgan fingerprint density at radius 1 is 1.43 bits per heavy atom. The fraction of sp³-hybridized carbons (Fsp3) is 0.562. The van der Waals surface area contributed by atoms with E-state index in [2.05, 4.69) is 45.6 Å². The van der Waals surface area contributed by atoms with Crippen molar-refractivity contribution in [1.82, 2.24) is 10.6 Å². The summed E-state index contributed by atoms with van der Waals surface area (Å²) in [5.41, 5.74) is 2.31. The van der Waals surface area contributed by atoms with Crippen LogP contribution in [0.5, 0.6) is 0 Å². The number of likely N-dealkylation sites (N-methyl/N-ethyl adjacent to an activating group) is 1. The highest BCUT2D eigenvalue weighted by Gasteiger charge is 2.23. The minimum absolute atomic E-state index is 0.104. The molecule has 1 aromatic carbocycles. The van der Waals surface area contributed by atoms with Gasteiger partial charge in [0.25, 0.3) is 0 Å². The van der Waals surface area contributed by atoms with Gasteiger partial charge in [0.2, 0.25) is 5.91 Å². The zero-order chi connectivity index (χ0) is 15.2. The van der Waals surface area contributed by atoms with Crippen LogP contribution in [0.2, 0.25) is 0 Å². The van der Waals surface area contributed by atoms with Crippen LogP contribution in [0.25, 0.3) is 0 Å². The molecule has 0 atom stereocenters. The van der Waals surface area contributed by atoms with Crippen molar-refractivity contribution in [1.29, 1.82) is 0 Å². The van der Waals surface area contributed by atoms with Crippen molar-refractivity contribution in [2.45, 2.75) is 38.8 Å². The maximum absolute atomic E-state index is 12.0. The number of amides is 1. The highest BCUT2D eigenvalue weighted by molar-refractivity contribution is 9.10. The van der Waals surface area contributed by atoms with Gasteiger partial charge in [-0.15, -0.1) is 0 Å². The molecule has 4 nitrogen and oxygen atoms in total. The fourth-order valence-electron chi connectivity index (χ4n) is 2.24. The molecule has 0 aromatic heterocycles. The van der Waals surface area contributed by atoms with Gasteiger partial charge in [0.05, 0.1) is 6.54 Å². The number of nitrogens with zero attached hydrogens (tertiary/aromatic N) is 1. The Balaban J connectivity index is 2.00. The Hall–Kier alpha value is -1.07. The third-order valence-electron chi connectivity index (χ3n) is 3.52. The fourth-order valence-corrected chi connectivity index (χ4v) is 2.59. The van der Waals surface area contributed by atoms with Crippen LogP contribution in [0.4, 0.5) is 5.69 Å². The lowest BCUT2D eigenvalue weighted by molar-refractivity contribution is -0.119. The third kappa shape index (κ3) is 5.32. The van der Waals surface area contributed by atoms with E-state index >= 15 is 0 Å². The molecule has 21 heavy (non-hydrogen) atoms. The lowest BCUT2D eigenvalue weighted by Gasteiger charge is -2.22. The monoisotopic (exact) mass is 353 g/mol. The number of carbonyl (C=O) groups excluding carboxylic acids is 1. The first-order valence-electron chi connectivity index (χ1n) is 7.59. The summed E-state index contributed by atoms with van der Waals surface area (Å²) in [6, 6.07) is 6.65. The molecule has 0 saturated heterocycles. The summed E-state index contributed by atoms with van der Waals surface area (Å²) >= 11 is 3.52. The van der Waals surface area contributed by atoms with E-state index in [1.54, 1.807) is 0 Å². The predicted molar refractivity (Wildman–Crippen MR) is 90.6 cm³/mol. The van der Waals surface area contributed by atoms with E-state index in [1.807, 2.05) is 18.0 Å². The first-order valence-corrected chi connectivity index (χ1v) is 8.39. The molecule has 1 amide bonds. The normalized spacial score (nSPS) is 14.0. The molecule has 1 saturated carbocycles. The van der Waals surface area contributed by atoms with E-state index in [9.17, 15) is 4.79 Å². The van der Waals surface area contributed by atoms with Crippen molar-refractivity contribution in [3.8, 4) is 0 Å². The average Bonchev–Trinajstić information content (AvgIpc) is 3.24. The molecule has 0 bridgehead atoms. The van der Waals surface area contributed by atoms with Crippen molar-refractivity contribution < 1.29 is 4.79 Å². The van der Waals surface area contributed by atoms with Crippen LogP contribution >= 0.6 is 15.9 Å². The second kappa shape index (κ2) is 7.80. The van der Waals surface area contributed by atoms with Crippen molar-refractivity contribution >= 4 is 27.5 Å². The van der Waals surface area contributed by atoms with Crippen LogP contribution in [-0.2, 0) is 11.3 Å². The van der Waals surface area contributed by atoms with Gasteiger partial charge in [-0.25, -0.2) is 0 Å². The lowest BCUT2D eigenvalue weighted by atomic mass is 10.1. The van der Waals surface area contributed by atoms with Gasteiger partial charge in [-0.05, 0) is 43.5 Å². The topological polar surface area (TPSA) is 44.4 Å². The third-order valence-corrected chi connectivity index (χ3v) is 4.02. The molecule has 1 aromatic rings. The minimum atomic E-state index is 0.104. The van der Waals surface area contributed by atoms with Gasteiger partial charge in [0, 0.05) is 29.8 Å². The molecule has 1 aliphatic carbocycles. The Labute approximate surface area is 135 Å². The Kier molecular flexibility index (Phi) is 6.06. The molecule has 0 heterocycles. The largest absolute Gasteiger partial charge is 0.365 e. The first kappa shape index (κ1) is 16.3. The van der Waals surface area contributed by atoms with Crippen LogP contribution in [0.1, 0.15) is 31.7 Å². The van der Waals surface area contributed by atoms with Crippen LogP contribution < -0.4 is 15.5 Å². The number of anilines is 1. The SMILES string of the molecule is CCCNCc1ccc(Br)cc1N(C)CC(=O)NC1CC1. The van der Waals surface area contributed by atoms with Crippen molar-refractivity contribution in [3.05, 3.63) is 28.2 Å². The molecular formula is C16H24BrN3O. The van der Waals surface area contributed by atoms with Crippen molar-refractivity contribution in [2.75, 3.05) is 25.0 Å². The van der Waals surface area contributed by atoms with E-state index in [4.69, 9.17) is 0 Å². The molecule has 1 aliphatic rings. The highest BCUT2D eigenvalue weighted by Crippen LogP contribution is 2.25. The molecule has 0 aliphatic heterocycles. The van der Waals surface area contributed by atoms with Gasteiger partial charge in [-0.1, -0.05) is 28.9 Å². The maximum Gasteiger partial charge on any atom is 0.239 e. The van der Waals surface area contributed by atoms with Crippen molar-refractivity contribution in [2.24, 2.45) is 0 Å². The molecule has 5 heteroatoms. The smallest absolute Gasteiger partial charge is 0.239 e. The van der Waals surface area contributed by atoms with Gasteiger partial charge >= 0.3 is 0 Å². The Morgan fingerprint density at radius 3 is 2.86 bits per heavy atom. The van der Waals surface area contributed by atoms with Crippen molar-refractivity contribution in [3.63, 3.8) is 0 Å². The Morgan fingerprint density at radius 2 is 2.19 bits per heavy atom. The summed E-state index contributed by atoms with van der Waals surface area (Å²) in [5, 5.41) is 6.45. The number of hydrogen-bond acceptors (Lipinski definition) is 3. The molecule has 2 rings (SSSR count). The summed E-state index contributed by atoms with van der Waals surface area (Å²) in [7, 11) is 1.97. The zero-order valence-electron chi connectivity index (χ0n) is 12.8. The number of rotatable bonds is 8. The van der Waals surface area contributed by atoms with Crippen LogP contribution in [0.15, 0.2) is 22.7 Å². The van der Waals surface area contributed by atoms with Crippen LogP contribution in [0.3, 0.4) is 0 Å². The number of halogens is 1. The van der Waals surface area contributed by atoms with E-state index < -0.39 is 0 Å². The molecule has 2 N–H and O–H groups in total. The number of benzene rings is 1. The number of nitrogens with one attached hydrogen (secondary N) is 2. The standard InChI is InChI=1S/C16H24BrN3O/c1-3-8-18-10-12-4-5-13(17)9-15(12)20(2)11-16(21)19-14-6-7-14/h4-5,9,14,18H,3,6-8,10-11H2,1-2H3,(H,19,21). The van der Waals surface area contributed by atoms with Crippen LogP contribution in [0, 0.1) is 0 Å². The first-order chi connectivity index (χ1) is 10.1. The maximum atomic E-state index is 12.0. The van der Waals surface area contributed by atoms with E-state index in [0.717, 1.165) is 42.5 Å². The van der Waals surface area contributed by atoms with Gasteiger partial charge in [-0.3, -0.25) is 4.79 Å². The summed E-state index contributed by atoms with van der Waals surface area (Å²) in [4.78, 5) is 14.0. The summed E-state index contributed by atoms with van der Waals surface area (Å²) in [5.74, 6) is 0.104. The zero-order valence-corrected chi connectivity index (χ0v) is 14.4. The number of carbonyl (C=O) groups is 1. The quantitative estimate of drug-likeness (QED) is 0.706. The predicted octanol–water partition coefficient (Wildman–Crippen LogP) is 2.66. The van der Waals surface area contributed by atoms with Gasteiger partial charge < -0.3 is 15.5 Å². The second-order valence-corrected chi connectivity index (χ2v) is 6.56. The minimum Gasteiger partial charge on any atom is -0.365 e. The van der Waals surface area contributed by atoms with E-state index in [0.29, 0.717) is 12.6 Å². The van der Waals surface area contributed by atoms with Gasteiger partial charge in [0.15, 0.2) is 0 Å². The second-order valence-electron chi connectivity index (χ2n) is 5.65. The molecule has 0 spiro atoms. The molecule has 0 unspecified atom stereocenters. The molecule has 0 radical (unpaired) electrons. The molecule has 1 fully saturated rings. The molecular weight excluding hydrogens is 330 g/mol. The van der Waals surface area contributed by atoms with Gasteiger partial charge in [0.1, 0.15) is 0 Å².